The Kier molecular flexibility index (Phi) is 4.18. The number of carbonyl (C=O) groups excluding carboxylic acids is 2. The Labute approximate surface area is 122 Å². The van der Waals surface area contributed by atoms with Gasteiger partial charge in [-0.05, 0) is 24.3 Å². The summed E-state index contributed by atoms with van der Waals surface area (Å²) >= 11 is 0. The minimum Gasteiger partial charge on any atom is -0.506 e. The number of amides is 2. The first-order valence-electron chi connectivity index (χ1n) is 6.24. The summed E-state index contributed by atoms with van der Waals surface area (Å²) in [7, 11) is 3.32. The zero-order chi connectivity index (χ0) is 15.4. The maximum atomic E-state index is 12.0. The van der Waals surface area contributed by atoms with Crippen molar-refractivity contribution in [3.63, 3.8) is 0 Å². The van der Waals surface area contributed by atoms with Crippen LogP contribution in [-0.2, 0) is 0 Å². The minimum atomic E-state index is -0.409. The van der Waals surface area contributed by atoms with E-state index in [1.165, 1.54) is 23.4 Å². The van der Waals surface area contributed by atoms with E-state index in [0.717, 1.165) is 0 Å². The lowest BCUT2D eigenvalue weighted by Gasteiger charge is -2.11. The average molecular weight is 285 g/mol. The van der Waals surface area contributed by atoms with Crippen LogP contribution in [0.25, 0.3) is 0 Å². The van der Waals surface area contributed by atoms with Crippen molar-refractivity contribution >= 4 is 17.5 Å². The number of hydrogen-bond donors (Lipinski definition) is 2. The number of carbonyl (C=O) groups is 2. The normalized spacial score (nSPS) is 10.0. The molecule has 1 aromatic heterocycles. The molecule has 108 valence electrons. The molecule has 2 rings (SSSR count). The molecular formula is C15H15N3O3. The highest BCUT2D eigenvalue weighted by molar-refractivity contribution is 6.05. The standard InChI is InChI=1S/C15H15N3O3/c1-18(2)15(21)10-4-3-5-12(6-10)17-14(20)11-7-13(19)9-16-8-11/h3-9,19H,1-2H3,(H,17,20). The van der Waals surface area contributed by atoms with Crippen molar-refractivity contribution in [1.29, 1.82) is 0 Å². The van der Waals surface area contributed by atoms with Gasteiger partial charge in [0.2, 0.25) is 0 Å². The summed E-state index contributed by atoms with van der Waals surface area (Å²) in [6.45, 7) is 0. The highest BCUT2D eigenvalue weighted by Crippen LogP contribution is 2.15. The molecule has 0 atom stereocenters. The van der Waals surface area contributed by atoms with E-state index in [2.05, 4.69) is 10.3 Å². The third kappa shape index (κ3) is 3.56. The van der Waals surface area contributed by atoms with Crippen molar-refractivity contribution in [2.24, 2.45) is 0 Å². The van der Waals surface area contributed by atoms with Crippen LogP contribution in [0.5, 0.6) is 5.75 Å². The summed E-state index contributed by atoms with van der Waals surface area (Å²) in [5, 5.41) is 12.0. The van der Waals surface area contributed by atoms with Gasteiger partial charge in [-0.1, -0.05) is 6.07 Å². The Morgan fingerprint density at radius 1 is 1.14 bits per heavy atom. The van der Waals surface area contributed by atoms with Gasteiger partial charge < -0.3 is 15.3 Å². The summed E-state index contributed by atoms with van der Waals surface area (Å²) < 4.78 is 0. The van der Waals surface area contributed by atoms with Gasteiger partial charge in [0.15, 0.2) is 0 Å². The van der Waals surface area contributed by atoms with Crippen molar-refractivity contribution < 1.29 is 14.7 Å². The van der Waals surface area contributed by atoms with Crippen LogP contribution in [0.1, 0.15) is 20.7 Å². The summed E-state index contributed by atoms with van der Waals surface area (Å²) in [6, 6.07) is 7.95. The van der Waals surface area contributed by atoms with E-state index in [-0.39, 0.29) is 17.2 Å². The molecule has 2 amide bonds. The fourth-order valence-electron chi connectivity index (χ4n) is 1.74. The van der Waals surface area contributed by atoms with Crippen molar-refractivity contribution in [3.8, 4) is 5.75 Å². The van der Waals surface area contributed by atoms with Crippen molar-refractivity contribution in [2.75, 3.05) is 19.4 Å². The van der Waals surface area contributed by atoms with E-state index in [0.29, 0.717) is 11.3 Å². The first-order valence-corrected chi connectivity index (χ1v) is 6.24. The molecule has 1 heterocycles. The number of anilines is 1. The smallest absolute Gasteiger partial charge is 0.257 e. The Morgan fingerprint density at radius 2 is 1.90 bits per heavy atom. The van der Waals surface area contributed by atoms with Crippen LogP contribution in [0.15, 0.2) is 42.7 Å². The second-order valence-electron chi connectivity index (χ2n) is 4.67. The molecule has 2 aromatic rings. The highest BCUT2D eigenvalue weighted by Gasteiger charge is 2.11. The lowest BCUT2D eigenvalue weighted by Crippen LogP contribution is -2.22. The van der Waals surface area contributed by atoms with E-state index in [1.807, 2.05) is 0 Å². The van der Waals surface area contributed by atoms with Crippen LogP contribution in [0.4, 0.5) is 5.69 Å². The fourth-order valence-corrected chi connectivity index (χ4v) is 1.74. The number of nitrogens with zero attached hydrogens (tertiary/aromatic N) is 2. The van der Waals surface area contributed by atoms with E-state index < -0.39 is 5.91 Å². The molecule has 0 aliphatic carbocycles. The monoisotopic (exact) mass is 285 g/mol. The van der Waals surface area contributed by atoms with E-state index in [9.17, 15) is 14.7 Å². The van der Waals surface area contributed by atoms with Crippen LogP contribution in [0.2, 0.25) is 0 Å². The molecule has 6 heteroatoms. The molecular weight excluding hydrogens is 270 g/mol. The van der Waals surface area contributed by atoms with E-state index >= 15 is 0 Å². The predicted molar refractivity (Wildman–Crippen MR) is 78.3 cm³/mol. The Balaban J connectivity index is 2.18. The number of hydrogen-bond acceptors (Lipinski definition) is 4. The second-order valence-corrected chi connectivity index (χ2v) is 4.67. The number of aromatic nitrogens is 1. The largest absolute Gasteiger partial charge is 0.506 e. The number of aromatic hydroxyl groups is 1. The fraction of sp³-hybridized carbons (Fsp3) is 0.133. The van der Waals surface area contributed by atoms with Crippen LogP contribution < -0.4 is 5.32 Å². The van der Waals surface area contributed by atoms with Crippen LogP contribution >= 0.6 is 0 Å². The third-order valence-corrected chi connectivity index (χ3v) is 2.76. The lowest BCUT2D eigenvalue weighted by molar-refractivity contribution is 0.0827. The maximum absolute atomic E-state index is 12.0. The van der Waals surface area contributed by atoms with Gasteiger partial charge >= 0.3 is 0 Å². The average Bonchev–Trinajstić information content (AvgIpc) is 2.46. The molecule has 0 saturated heterocycles. The van der Waals surface area contributed by atoms with Crippen LogP contribution in [0.3, 0.4) is 0 Å². The molecule has 0 fully saturated rings. The molecule has 0 radical (unpaired) electrons. The number of pyridine rings is 1. The van der Waals surface area contributed by atoms with Gasteiger partial charge in [-0.2, -0.15) is 0 Å². The third-order valence-electron chi connectivity index (χ3n) is 2.76. The molecule has 6 nitrogen and oxygen atoms in total. The van der Waals surface area contributed by atoms with Gasteiger partial charge in [0.1, 0.15) is 5.75 Å². The first-order chi connectivity index (χ1) is 9.97. The quantitative estimate of drug-likeness (QED) is 0.900. The summed E-state index contributed by atoms with van der Waals surface area (Å²) in [6.07, 6.45) is 2.59. The summed E-state index contributed by atoms with van der Waals surface area (Å²) in [4.78, 5) is 29.1. The zero-order valence-corrected chi connectivity index (χ0v) is 11.7. The molecule has 0 unspecified atom stereocenters. The Hall–Kier alpha value is -2.89. The molecule has 2 N–H and O–H groups in total. The summed E-state index contributed by atoms with van der Waals surface area (Å²) in [5.74, 6) is -0.642. The molecule has 1 aromatic carbocycles. The first kappa shape index (κ1) is 14.5. The topological polar surface area (TPSA) is 82.5 Å². The number of nitrogens with one attached hydrogen (secondary N) is 1. The predicted octanol–water partition coefficient (Wildman–Crippen LogP) is 1.74. The van der Waals surface area contributed by atoms with E-state index in [4.69, 9.17) is 0 Å². The van der Waals surface area contributed by atoms with Crippen LogP contribution in [0, 0.1) is 0 Å². The Morgan fingerprint density at radius 3 is 2.57 bits per heavy atom. The molecule has 0 aliphatic heterocycles. The Bertz CT molecular complexity index is 683. The molecule has 0 spiro atoms. The molecule has 0 saturated carbocycles. The van der Waals surface area contributed by atoms with Gasteiger partial charge in [-0.25, -0.2) is 0 Å². The number of benzene rings is 1. The van der Waals surface area contributed by atoms with E-state index in [1.54, 1.807) is 38.4 Å². The van der Waals surface area contributed by atoms with Crippen molar-refractivity contribution in [1.82, 2.24) is 9.88 Å². The van der Waals surface area contributed by atoms with Crippen molar-refractivity contribution in [3.05, 3.63) is 53.9 Å². The number of rotatable bonds is 3. The molecule has 0 bridgehead atoms. The minimum absolute atomic E-state index is 0.0841. The van der Waals surface area contributed by atoms with Gasteiger partial charge in [-0.3, -0.25) is 14.6 Å². The van der Waals surface area contributed by atoms with Crippen LogP contribution in [-0.4, -0.2) is 40.9 Å². The highest BCUT2D eigenvalue weighted by atomic mass is 16.3. The molecule has 21 heavy (non-hydrogen) atoms. The second kappa shape index (κ2) is 6.04. The van der Waals surface area contributed by atoms with Gasteiger partial charge in [-0.15, -0.1) is 0 Å². The van der Waals surface area contributed by atoms with Gasteiger partial charge in [0.05, 0.1) is 11.8 Å². The maximum Gasteiger partial charge on any atom is 0.257 e. The van der Waals surface area contributed by atoms with Gasteiger partial charge in [0.25, 0.3) is 11.8 Å². The van der Waals surface area contributed by atoms with Gasteiger partial charge in [0, 0.05) is 31.5 Å². The molecule has 0 aliphatic rings. The van der Waals surface area contributed by atoms with Crippen molar-refractivity contribution in [2.45, 2.75) is 0 Å². The lowest BCUT2D eigenvalue weighted by atomic mass is 10.1. The summed E-state index contributed by atoms with van der Waals surface area (Å²) in [5.41, 5.74) is 1.21. The zero-order valence-electron chi connectivity index (χ0n) is 11.7. The SMILES string of the molecule is CN(C)C(=O)c1cccc(NC(=O)c2cncc(O)c2)c1.